The molecule has 6 nitrogen and oxygen atoms in total. The van der Waals surface area contributed by atoms with E-state index < -0.39 is 11.9 Å². The van der Waals surface area contributed by atoms with E-state index in [9.17, 15) is 13.2 Å². The van der Waals surface area contributed by atoms with Crippen molar-refractivity contribution in [2.45, 2.75) is 12.8 Å². The Balaban J connectivity index is 1.72. The first kappa shape index (κ1) is 16.4. The lowest BCUT2D eigenvalue weighted by Gasteiger charge is -2.09. The molecule has 25 heavy (non-hydrogen) atoms. The Bertz CT molecular complexity index is 913. The minimum atomic E-state index is -4.47. The van der Waals surface area contributed by atoms with Crippen LogP contribution in [0.3, 0.4) is 0 Å². The van der Waals surface area contributed by atoms with Crippen molar-refractivity contribution in [3.63, 3.8) is 0 Å². The van der Waals surface area contributed by atoms with Crippen LogP contribution in [0.5, 0.6) is 5.75 Å². The number of halogens is 3. The Morgan fingerprint density at radius 2 is 2.00 bits per heavy atom. The van der Waals surface area contributed by atoms with Crippen LogP contribution in [0.15, 0.2) is 42.6 Å². The summed E-state index contributed by atoms with van der Waals surface area (Å²) in [5.74, 6) is 0.476. The van der Waals surface area contributed by atoms with Gasteiger partial charge >= 0.3 is 6.18 Å². The zero-order valence-electron chi connectivity index (χ0n) is 12.6. The first-order chi connectivity index (χ1) is 12.0. The quantitative estimate of drug-likeness (QED) is 0.783. The van der Waals surface area contributed by atoms with Gasteiger partial charge in [0, 0.05) is 17.3 Å². The highest BCUT2D eigenvalue weighted by atomic mass is 19.4. The molecule has 3 aromatic rings. The molecule has 0 spiro atoms. The van der Waals surface area contributed by atoms with Crippen molar-refractivity contribution < 1.29 is 17.9 Å². The van der Waals surface area contributed by atoms with Crippen molar-refractivity contribution in [3.8, 4) is 23.1 Å². The predicted octanol–water partition coefficient (Wildman–Crippen LogP) is 3.34. The van der Waals surface area contributed by atoms with Crippen LogP contribution in [0, 0.1) is 11.3 Å². The molecular formula is C16H10F3N5O. The van der Waals surface area contributed by atoms with Gasteiger partial charge in [0.1, 0.15) is 29.8 Å². The topological polar surface area (TPSA) is 87.5 Å². The van der Waals surface area contributed by atoms with Gasteiger partial charge in [0.2, 0.25) is 0 Å². The highest BCUT2D eigenvalue weighted by molar-refractivity contribution is 5.65. The van der Waals surface area contributed by atoms with E-state index in [1.807, 2.05) is 6.07 Å². The van der Waals surface area contributed by atoms with Gasteiger partial charge in [0.25, 0.3) is 0 Å². The summed E-state index contributed by atoms with van der Waals surface area (Å²) < 4.78 is 43.0. The predicted molar refractivity (Wildman–Crippen MR) is 80.1 cm³/mol. The van der Waals surface area contributed by atoms with E-state index in [1.165, 1.54) is 6.07 Å². The zero-order valence-corrected chi connectivity index (χ0v) is 12.6. The molecule has 0 unspecified atom stereocenters. The minimum Gasteiger partial charge on any atom is -0.489 e. The van der Waals surface area contributed by atoms with E-state index in [1.54, 1.807) is 24.3 Å². The van der Waals surface area contributed by atoms with Gasteiger partial charge in [-0.25, -0.2) is 0 Å². The fourth-order valence-electron chi connectivity index (χ4n) is 2.09. The van der Waals surface area contributed by atoms with E-state index in [4.69, 9.17) is 10.00 Å². The molecule has 0 aliphatic carbocycles. The molecule has 126 valence electrons. The number of aromatic amines is 1. The second kappa shape index (κ2) is 6.60. The normalized spacial score (nSPS) is 11.1. The third kappa shape index (κ3) is 3.74. The van der Waals surface area contributed by atoms with Gasteiger partial charge in [-0.2, -0.15) is 28.7 Å². The summed E-state index contributed by atoms with van der Waals surface area (Å²) in [5.41, 5.74) is 0.729. The third-order valence-corrected chi connectivity index (χ3v) is 3.28. The molecule has 0 saturated heterocycles. The molecule has 2 heterocycles. The molecule has 0 aliphatic heterocycles. The lowest BCUT2D eigenvalue weighted by Crippen LogP contribution is -2.08. The number of ether oxygens (including phenoxy) is 1. The van der Waals surface area contributed by atoms with Crippen LogP contribution in [-0.2, 0) is 12.8 Å². The molecule has 0 bridgehead atoms. The molecule has 0 fully saturated rings. The molecule has 1 aromatic carbocycles. The van der Waals surface area contributed by atoms with Crippen molar-refractivity contribution in [1.82, 2.24) is 20.4 Å². The van der Waals surface area contributed by atoms with Crippen LogP contribution in [-0.4, -0.2) is 20.4 Å². The van der Waals surface area contributed by atoms with E-state index >= 15 is 0 Å². The van der Waals surface area contributed by atoms with Crippen molar-refractivity contribution in [2.24, 2.45) is 0 Å². The largest absolute Gasteiger partial charge is 0.489 e. The third-order valence-electron chi connectivity index (χ3n) is 3.28. The molecule has 0 atom stereocenters. The van der Waals surface area contributed by atoms with Crippen LogP contribution in [0.2, 0.25) is 0 Å². The number of nitriles is 1. The summed E-state index contributed by atoms with van der Waals surface area (Å²) in [6.07, 6.45) is -3.35. The van der Waals surface area contributed by atoms with Gasteiger partial charge in [-0.15, -0.1) is 5.10 Å². The Hall–Kier alpha value is -3.41. The van der Waals surface area contributed by atoms with E-state index in [2.05, 4.69) is 20.4 Å². The molecule has 0 amide bonds. The number of hydrogen-bond acceptors (Lipinski definition) is 5. The van der Waals surface area contributed by atoms with Crippen LogP contribution >= 0.6 is 0 Å². The van der Waals surface area contributed by atoms with Crippen LogP contribution in [0.4, 0.5) is 13.2 Å². The van der Waals surface area contributed by atoms with Gasteiger partial charge in [0.15, 0.2) is 5.69 Å². The Morgan fingerprint density at radius 1 is 1.16 bits per heavy atom. The molecule has 9 heteroatoms. The Morgan fingerprint density at radius 3 is 2.68 bits per heavy atom. The average molecular weight is 345 g/mol. The molecule has 3 rings (SSSR count). The van der Waals surface area contributed by atoms with Crippen molar-refractivity contribution >= 4 is 0 Å². The number of nitrogens with zero attached hydrogens (tertiary/aromatic N) is 4. The minimum absolute atomic E-state index is 0.0541. The molecule has 0 aliphatic rings. The molecule has 0 radical (unpaired) electrons. The molecule has 0 saturated carbocycles. The summed E-state index contributed by atoms with van der Waals surface area (Å²) in [6.45, 7) is 0.0541. The monoisotopic (exact) mass is 345 g/mol. The molecule has 1 N–H and O–H groups in total. The number of alkyl halides is 3. The number of nitrogens with one attached hydrogen (secondary N) is 1. The standard InChI is InChI=1S/C16H10F3N5O/c17-16(18,19)14-5-4-10(8-21-14)9-25-12-3-1-2-11(6-12)15-13(7-20)22-24-23-15/h1-6,8H,9H2,(H,22,23,24). The number of benzene rings is 1. The fourth-order valence-corrected chi connectivity index (χ4v) is 2.09. The highest BCUT2D eigenvalue weighted by Gasteiger charge is 2.31. The number of aromatic nitrogens is 4. The van der Waals surface area contributed by atoms with Gasteiger partial charge in [0.05, 0.1) is 0 Å². The first-order valence-corrected chi connectivity index (χ1v) is 7.03. The number of hydrogen-bond donors (Lipinski definition) is 1. The van der Waals surface area contributed by atoms with Gasteiger partial charge in [-0.1, -0.05) is 18.2 Å². The van der Waals surface area contributed by atoms with E-state index in [0.29, 0.717) is 22.6 Å². The van der Waals surface area contributed by atoms with Crippen molar-refractivity contribution in [1.29, 1.82) is 5.26 Å². The van der Waals surface area contributed by atoms with E-state index in [-0.39, 0.29) is 12.3 Å². The summed E-state index contributed by atoms with van der Waals surface area (Å²) in [4.78, 5) is 3.38. The number of rotatable bonds is 4. The summed E-state index contributed by atoms with van der Waals surface area (Å²) in [6, 6.07) is 10.9. The maximum Gasteiger partial charge on any atom is 0.433 e. The SMILES string of the molecule is N#Cc1n[nH]nc1-c1cccc(OCc2ccc(C(F)(F)F)nc2)c1. The second-order valence-corrected chi connectivity index (χ2v) is 5.00. The van der Waals surface area contributed by atoms with Crippen molar-refractivity contribution in [3.05, 3.63) is 59.5 Å². The highest BCUT2D eigenvalue weighted by Crippen LogP contribution is 2.27. The number of pyridine rings is 1. The fraction of sp³-hybridized carbons (Fsp3) is 0.125. The maximum atomic E-state index is 12.5. The lowest BCUT2D eigenvalue weighted by molar-refractivity contribution is -0.141. The van der Waals surface area contributed by atoms with Crippen LogP contribution in [0.1, 0.15) is 17.0 Å². The van der Waals surface area contributed by atoms with Gasteiger partial charge < -0.3 is 4.74 Å². The Kier molecular flexibility index (Phi) is 4.35. The molecule has 2 aromatic heterocycles. The van der Waals surface area contributed by atoms with Gasteiger partial charge in [-0.3, -0.25) is 4.98 Å². The summed E-state index contributed by atoms with van der Waals surface area (Å²) in [7, 11) is 0. The zero-order chi connectivity index (χ0) is 17.9. The number of H-pyrrole nitrogens is 1. The van der Waals surface area contributed by atoms with Crippen molar-refractivity contribution in [2.75, 3.05) is 0 Å². The first-order valence-electron chi connectivity index (χ1n) is 7.03. The summed E-state index contributed by atoms with van der Waals surface area (Å²) >= 11 is 0. The van der Waals surface area contributed by atoms with Gasteiger partial charge in [-0.05, 0) is 18.2 Å². The van der Waals surface area contributed by atoms with Crippen LogP contribution in [0.25, 0.3) is 11.3 Å². The molecular weight excluding hydrogens is 335 g/mol. The summed E-state index contributed by atoms with van der Waals surface area (Å²) in [5, 5.41) is 19.0. The van der Waals surface area contributed by atoms with Crippen LogP contribution < -0.4 is 4.74 Å². The average Bonchev–Trinajstić information content (AvgIpc) is 3.08. The van der Waals surface area contributed by atoms with E-state index in [0.717, 1.165) is 12.3 Å². The smallest absolute Gasteiger partial charge is 0.433 e. The second-order valence-electron chi connectivity index (χ2n) is 5.00. The lowest BCUT2D eigenvalue weighted by atomic mass is 10.1. The Labute approximate surface area is 139 Å². The maximum absolute atomic E-state index is 12.5.